The molecular weight excluding hydrogens is 801 g/mol. The number of hydrogen-bond acceptors (Lipinski definition) is 10. The van der Waals surface area contributed by atoms with Gasteiger partial charge in [-0.25, -0.2) is 18.2 Å². The monoisotopic (exact) mass is 840 g/mol. The third kappa shape index (κ3) is 8.12. The lowest BCUT2D eigenvalue weighted by molar-refractivity contribution is -0.140. The Bertz CT molecular complexity index is 2590. The SMILES string of the molecule is Cn1nc(N2CCC(=O)NC2=O)c2ccc(C3CCN(Cc4cccc(S(=O)(=O)N5CCC(Nc6ncc7cc(Cl)c(=O)n(CC(F)(F)F)c7n6)CC5)c4)CC3)cc21. The van der Waals surface area contributed by atoms with E-state index in [1.54, 1.807) is 22.9 Å². The van der Waals surface area contributed by atoms with Crippen LogP contribution in [0.2, 0.25) is 5.02 Å². The van der Waals surface area contributed by atoms with Crippen molar-refractivity contribution >= 4 is 67.3 Å². The molecule has 0 aliphatic carbocycles. The average molecular weight is 841 g/mol. The summed E-state index contributed by atoms with van der Waals surface area (Å²) in [5.74, 6) is 0.579. The number of likely N-dealkylation sites (tertiary alicyclic amines) is 1. The summed E-state index contributed by atoms with van der Waals surface area (Å²) in [4.78, 5) is 49.0. The topological polar surface area (TPSA) is 168 Å². The molecule has 3 aliphatic heterocycles. The number of anilines is 2. The van der Waals surface area contributed by atoms with E-state index in [1.807, 2.05) is 19.2 Å². The highest BCUT2D eigenvalue weighted by atomic mass is 35.5. The first kappa shape index (κ1) is 39.7. The first-order chi connectivity index (χ1) is 27.6. The third-order valence-electron chi connectivity index (χ3n) is 11.1. The van der Waals surface area contributed by atoms with Crippen LogP contribution in [0, 0.1) is 0 Å². The van der Waals surface area contributed by atoms with Crippen molar-refractivity contribution in [3.63, 3.8) is 0 Å². The number of piperidine rings is 2. The molecule has 0 bridgehead atoms. The van der Waals surface area contributed by atoms with Crippen LogP contribution >= 0.6 is 11.6 Å². The van der Waals surface area contributed by atoms with Crippen LogP contribution in [0.15, 0.2) is 64.4 Å². The first-order valence-electron chi connectivity index (χ1n) is 18.9. The van der Waals surface area contributed by atoms with Gasteiger partial charge in [0, 0.05) is 62.7 Å². The summed E-state index contributed by atoms with van der Waals surface area (Å²) in [6.45, 7) is 1.39. The smallest absolute Gasteiger partial charge is 0.351 e. The molecular formula is C38H40ClF3N10O5S. The molecule has 6 heterocycles. The van der Waals surface area contributed by atoms with Gasteiger partial charge >= 0.3 is 12.2 Å². The molecule has 0 unspecified atom stereocenters. The van der Waals surface area contributed by atoms with Gasteiger partial charge in [-0.1, -0.05) is 29.8 Å². The number of halogens is 4. The van der Waals surface area contributed by atoms with Gasteiger partial charge < -0.3 is 5.32 Å². The van der Waals surface area contributed by atoms with E-state index in [1.165, 1.54) is 27.0 Å². The fraction of sp³-hybridized carbons (Fsp3) is 0.421. The molecule has 3 saturated heterocycles. The molecule has 3 aromatic heterocycles. The maximum atomic E-state index is 13.8. The second-order valence-corrected chi connectivity index (χ2v) is 17.3. The fourth-order valence-electron chi connectivity index (χ4n) is 8.05. The van der Waals surface area contributed by atoms with Gasteiger partial charge in [0.2, 0.25) is 21.9 Å². The van der Waals surface area contributed by atoms with E-state index in [0.29, 0.717) is 35.7 Å². The molecule has 58 heavy (non-hydrogen) atoms. The normalized spacial score (nSPS) is 18.3. The summed E-state index contributed by atoms with van der Waals surface area (Å²) in [6, 6.07) is 13.7. The second-order valence-electron chi connectivity index (χ2n) is 15.0. The van der Waals surface area contributed by atoms with Crippen LogP contribution in [0.5, 0.6) is 0 Å². The highest BCUT2D eigenvalue weighted by Crippen LogP contribution is 2.34. The van der Waals surface area contributed by atoms with E-state index in [-0.39, 0.29) is 64.9 Å². The van der Waals surface area contributed by atoms with E-state index < -0.39 is 34.3 Å². The summed E-state index contributed by atoms with van der Waals surface area (Å²) < 4.78 is 71.0. The zero-order valence-electron chi connectivity index (χ0n) is 31.4. The summed E-state index contributed by atoms with van der Waals surface area (Å²) in [5.41, 5.74) is 1.76. The van der Waals surface area contributed by atoms with Crippen LogP contribution in [0.25, 0.3) is 21.9 Å². The van der Waals surface area contributed by atoms with Gasteiger partial charge in [-0.15, -0.1) is 0 Å². The molecule has 2 aromatic carbocycles. The molecule has 20 heteroatoms. The lowest BCUT2D eigenvalue weighted by atomic mass is 9.89. The zero-order valence-corrected chi connectivity index (χ0v) is 32.9. The van der Waals surface area contributed by atoms with Gasteiger partial charge in [0.05, 0.1) is 10.4 Å². The number of alkyl halides is 3. The number of carbonyl (C=O) groups excluding carboxylic acids is 2. The Kier molecular flexibility index (Phi) is 10.7. The number of nitrogens with one attached hydrogen (secondary N) is 2. The van der Waals surface area contributed by atoms with Crippen molar-refractivity contribution in [2.45, 2.75) is 68.2 Å². The quantitative estimate of drug-likeness (QED) is 0.207. The van der Waals surface area contributed by atoms with Crippen LogP contribution in [-0.2, 0) is 35.0 Å². The van der Waals surface area contributed by atoms with E-state index in [9.17, 15) is 36.0 Å². The molecule has 2 N–H and O–H groups in total. The molecule has 3 amide bonds. The minimum absolute atomic E-state index is 0.0247. The van der Waals surface area contributed by atoms with Crippen molar-refractivity contribution in [3.8, 4) is 0 Å². The lowest BCUT2D eigenvalue weighted by Crippen LogP contribution is -2.49. The van der Waals surface area contributed by atoms with E-state index >= 15 is 0 Å². The minimum Gasteiger partial charge on any atom is -0.351 e. The predicted octanol–water partition coefficient (Wildman–Crippen LogP) is 4.99. The van der Waals surface area contributed by atoms with Gasteiger partial charge in [0.15, 0.2) is 5.82 Å². The summed E-state index contributed by atoms with van der Waals surface area (Å²) >= 11 is 5.88. The molecule has 0 spiro atoms. The predicted molar refractivity (Wildman–Crippen MR) is 210 cm³/mol. The number of fused-ring (bicyclic) bond motifs is 2. The van der Waals surface area contributed by atoms with E-state index in [4.69, 9.17) is 11.6 Å². The Balaban J connectivity index is 0.866. The van der Waals surface area contributed by atoms with Gasteiger partial charge in [0.25, 0.3) is 5.56 Å². The maximum absolute atomic E-state index is 13.8. The first-order valence-corrected chi connectivity index (χ1v) is 20.7. The number of pyridine rings is 1. The Morgan fingerprint density at radius 3 is 2.45 bits per heavy atom. The van der Waals surface area contributed by atoms with Crippen molar-refractivity contribution in [3.05, 3.63) is 81.2 Å². The van der Waals surface area contributed by atoms with Crippen molar-refractivity contribution in [2.24, 2.45) is 7.05 Å². The standard InChI is InChI=1S/C38H40ClF3N10O5S/c1-48-31-19-25(5-6-29(31)34(47-48)51-16-11-32(53)45-37(51)55)24-7-12-49(13-8-24)21-23-3-2-4-28(17-23)58(56,57)50-14-9-27(10-15-50)44-36-43-20-26-18-30(39)35(54)52(33(26)46-36)22-38(40,41)42/h2-6,17-20,24,27H,7-16,21-22H2,1H3,(H,43,44,46)(H,45,53,55). The Morgan fingerprint density at radius 1 is 0.966 bits per heavy atom. The molecule has 8 rings (SSSR count). The minimum atomic E-state index is -4.68. The Morgan fingerprint density at radius 2 is 1.72 bits per heavy atom. The van der Waals surface area contributed by atoms with Crippen LogP contribution in [-0.4, -0.2) is 98.8 Å². The molecule has 3 aliphatic rings. The molecule has 15 nitrogen and oxygen atoms in total. The largest absolute Gasteiger partial charge is 0.406 e. The number of urea groups is 1. The number of imide groups is 1. The van der Waals surface area contributed by atoms with Crippen LogP contribution in [0.4, 0.5) is 29.7 Å². The molecule has 0 saturated carbocycles. The summed E-state index contributed by atoms with van der Waals surface area (Å²) in [7, 11) is -1.97. The Labute approximate surface area is 335 Å². The molecule has 0 radical (unpaired) electrons. The summed E-state index contributed by atoms with van der Waals surface area (Å²) in [5, 5.41) is 10.7. The number of rotatable bonds is 9. The zero-order chi connectivity index (χ0) is 40.9. The fourth-order valence-corrected chi connectivity index (χ4v) is 9.81. The van der Waals surface area contributed by atoms with Gasteiger partial charge in [-0.2, -0.15) is 27.6 Å². The Hall–Kier alpha value is -5.11. The molecule has 5 aromatic rings. The van der Waals surface area contributed by atoms with Crippen LogP contribution in [0.1, 0.15) is 49.1 Å². The molecule has 306 valence electrons. The van der Waals surface area contributed by atoms with E-state index in [0.717, 1.165) is 42.4 Å². The van der Waals surface area contributed by atoms with Gasteiger partial charge in [-0.3, -0.25) is 34.0 Å². The van der Waals surface area contributed by atoms with Crippen LogP contribution in [0.3, 0.4) is 0 Å². The van der Waals surface area contributed by atoms with E-state index in [2.05, 4.69) is 42.7 Å². The van der Waals surface area contributed by atoms with Crippen molar-refractivity contribution in [2.75, 3.05) is 42.9 Å². The highest BCUT2D eigenvalue weighted by Gasteiger charge is 2.33. The number of nitrogens with zero attached hydrogens (tertiary/aromatic N) is 8. The second kappa shape index (κ2) is 15.6. The maximum Gasteiger partial charge on any atom is 0.406 e. The number of carbonyl (C=O) groups is 2. The average Bonchev–Trinajstić information content (AvgIpc) is 3.52. The van der Waals surface area contributed by atoms with Gasteiger partial charge in [0.1, 0.15) is 17.2 Å². The summed E-state index contributed by atoms with van der Waals surface area (Å²) in [6.07, 6.45) is -0.531. The van der Waals surface area contributed by atoms with Crippen molar-refractivity contribution in [1.82, 2.24) is 38.8 Å². The number of aromatic nitrogens is 5. The number of hydrogen-bond donors (Lipinski definition) is 2. The molecule has 3 fully saturated rings. The lowest BCUT2D eigenvalue weighted by Gasteiger charge is -2.33. The molecule has 0 atom stereocenters. The van der Waals surface area contributed by atoms with Gasteiger partial charge in [-0.05, 0) is 86.1 Å². The van der Waals surface area contributed by atoms with Crippen molar-refractivity contribution < 1.29 is 31.2 Å². The number of sulfonamides is 1. The third-order valence-corrected chi connectivity index (χ3v) is 13.2. The van der Waals surface area contributed by atoms with Crippen molar-refractivity contribution in [1.29, 1.82) is 0 Å². The highest BCUT2D eigenvalue weighted by molar-refractivity contribution is 7.89. The van der Waals surface area contributed by atoms with Crippen LogP contribution < -0.4 is 21.1 Å². The number of aryl methyl sites for hydroxylation is 1. The number of amides is 3. The number of benzene rings is 2.